The molecule has 1 aromatic heterocycles. The summed E-state index contributed by atoms with van der Waals surface area (Å²) in [6.45, 7) is 2.63. The standard InChI is InChI=1S/C29H32N4O5S/c34-27(22-5-6-22)31-16-19(17-31)18-33-26(30-29(28(33)35)10-12-32(13-11-29)39(36)37)21-3-1-20(2-4-21)23-7-8-25-24(15-23)9-14-38-25/h1-4,7-9,14-15,19,22,26,30,39H,5-6,10-13,16-18H2. The van der Waals surface area contributed by atoms with Crippen LogP contribution in [0.15, 0.2) is 59.2 Å². The van der Waals surface area contributed by atoms with Gasteiger partial charge in [-0.2, -0.15) is 0 Å². The highest BCUT2D eigenvalue weighted by atomic mass is 32.2. The third-order valence-corrected chi connectivity index (χ3v) is 9.74. The lowest BCUT2D eigenvalue weighted by molar-refractivity contribution is -0.141. The van der Waals surface area contributed by atoms with Crippen molar-refractivity contribution < 1.29 is 22.4 Å². The van der Waals surface area contributed by atoms with E-state index in [1.54, 1.807) is 6.26 Å². The van der Waals surface area contributed by atoms with Gasteiger partial charge in [0.2, 0.25) is 22.7 Å². The second kappa shape index (κ2) is 9.46. The summed E-state index contributed by atoms with van der Waals surface area (Å²) in [6, 6.07) is 16.4. The number of carbonyl (C=O) groups excluding carboxylic acids is 2. The lowest BCUT2D eigenvalue weighted by Crippen LogP contribution is -2.56. The Bertz CT molecular complexity index is 1490. The zero-order valence-corrected chi connectivity index (χ0v) is 22.5. The van der Waals surface area contributed by atoms with E-state index in [4.69, 9.17) is 4.42 Å². The Morgan fingerprint density at radius 2 is 1.72 bits per heavy atom. The second-order valence-electron chi connectivity index (χ2n) is 11.5. The minimum absolute atomic E-state index is 0.0368. The number of amides is 2. The van der Waals surface area contributed by atoms with Gasteiger partial charge < -0.3 is 14.2 Å². The molecule has 7 rings (SSSR count). The highest BCUT2D eigenvalue weighted by molar-refractivity contribution is 7.69. The Hall–Kier alpha value is -3.21. The van der Waals surface area contributed by atoms with Crippen molar-refractivity contribution in [3.63, 3.8) is 0 Å². The minimum atomic E-state index is -2.65. The summed E-state index contributed by atoms with van der Waals surface area (Å²) in [7, 11) is -2.65. The molecule has 1 aliphatic carbocycles. The van der Waals surface area contributed by atoms with Crippen LogP contribution in [0.5, 0.6) is 0 Å². The molecule has 4 aliphatic rings. The van der Waals surface area contributed by atoms with E-state index in [1.807, 2.05) is 28.0 Å². The quantitative estimate of drug-likeness (QED) is 0.460. The number of thiol groups is 1. The van der Waals surface area contributed by atoms with Crippen LogP contribution in [0.4, 0.5) is 0 Å². The number of hydrogen-bond donors (Lipinski definition) is 2. The molecule has 3 aliphatic heterocycles. The van der Waals surface area contributed by atoms with E-state index in [0.29, 0.717) is 45.6 Å². The molecule has 0 radical (unpaired) electrons. The van der Waals surface area contributed by atoms with Crippen molar-refractivity contribution >= 4 is 33.7 Å². The van der Waals surface area contributed by atoms with Gasteiger partial charge in [0.1, 0.15) is 17.3 Å². The van der Waals surface area contributed by atoms with Crippen LogP contribution in [0.3, 0.4) is 0 Å². The summed E-state index contributed by atoms with van der Waals surface area (Å²) in [6.07, 6.45) is 4.27. The fourth-order valence-electron chi connectivity index (χ4n) is 6.38. The number of rotatable bonds is 6. The summed E-state index contributed by atoms with van der Waals surface area (Å²) in [5.41, 5.74) is 3.24. The maximum absolute atomic E-state index is 13.9. The van der Waals surface area contributed by atoms with E-state index in [0.717, 1.165) is 40.5 Å². The third kappa shape index (κ3) is 4.44. The zero-order chi connectivity index (χ0) is 26.7. The summed E-state index contributed by atoms with van der Waals surface area (Å²) in [5, 5.41) is 4.69. The lowest BCUT2D eigenvalue weighted by atomic mass is 9.88. The SMILES string of the molecule is O=C(C1CC1)N1CC(CN2C(=O)C3(CCN([SH](=O)=O)CC3)NC2c2ccc(-c3ccc4occc4c3)cc2)C1. The van der Waals surface area contributed by atoms with Gasteiger partial charge in [0.05, 0.1) is 6.26 Å². The zero-order valence-electron chi connectivity index (χ0n) is 21.6. The van der Waals surface area contributed by atoms with Crippen LogP contribution >= 0.6 is 0 Å². The van der Waals surface area contributed by atoms with Gasteiger partial charge in [-0.15, -0.1) is 0 Å². The number of piperidine rings is 1. The molecular formula is C29H32N4O5S. The smallest absolute Gasteiger partial charge is 0.244 e. The molecule has 1 N–H and O–H groups in total. The Labute approximate surface area is 228 Å². The van der Waals surface area contributed by atoms with Crippen molar-refractivity contribution in [2.24, 2.45) is 11.8 Å². The molecule has 2 aromatic carbocycles. The maximum atomic E-state index is 13.9. The van der Waals surface area contributed by atoms with Gasteiger partial charge in [0.25, 0.3) is 0 Å². The molecular weight excluding hydrogens is 516 g/mol. The van der Waals surface area contributed by atoms with Gasteiger partial charge in [-0.1, -0.05) is 30.3 Å². The first-order valence-corrected chi connectivity index (χ1v) is 14.9. The molecule has 10 heteroatoms. The molecule has 4 heterocycles. The van der Waals surface area contributed by atoms with E-state index in [1.165, 1.54) is 4.31 Å². The molecule has 3 aromatic rings. The van der Waals surface area contributed by atoms with Gasteiger partial charge in [-0.3, -0.25) is 14.9 Å². The third-order valence-electron chi connectivity index (χ3n) is 8.88. The minimum Gasteiger partial charge on any atom is -0.464 e. The number of hydrogen-bond acceptors (Lipinski definition) is 6. The van der Waals surface area contributed by atoms with Crippen LogP contribution in [0, 0.1) is 11.8 Å². The first-order valence-electron chi connectivity index (χ1n) is 13.7. The van der Waals surface area contributed by atoms with Crippen molar-refractivity contribution in [3.8, 4) is 11.1 Å². The van der Waals surface area contributed by atoms with E-state index >= 15 is 0 Å². The van der Waals surface area contributed by atoms with Crippen LogP contribution in [0.25, 0.3) is 22.1 Å². The number of likely N-dealkylation sites (tertiary alicyclic amines) is 1. The molecule has 9 nitrogen and oxygen atoms in total. The average Bonchev–Trinajstić information content (AvgIpc) is 3.62. The number of carbonyl (C=O) groups is 2. The number of benzene rings is 2. The Kier molecular flexibility index (Phi) is 6.02. The van der Waals surface area contributed by atoms with Crippen molar-refractivity contribution in [1.82, 2.24) is 19.4 Å². The maximum Gasteiger partial charge on any atom is 0.244 e. The van der Waals surface area contributed by atoms with Crippen molar-refractivity contribution in [1.29, 1.82) is 0 Å². The highest BCUT2D eigenvalue weighted by Crippen LogP contribution is 2.40. The fourth-order valence-corrected chi connectivity index (χ4v) is 6.91. The van der Waals surface area contributed by atoms with Crippen molar-refractivity contribution in [2.45, 2.75) is 37.4 Å². The lowest BCUT2D eigenvalue weighted by Gasteiger charge is -2.42. The van der Waals surface area contributed by atoms with Crippen LogP contribution in [0.1, 0.15) is 37.4 Å². The topological polar surface area (TPSA) is 103 Å². The first-order chi connectivity index (χ1) is 18.9. The monoisotopic (exact) mass is 548 g/mol. The molecule has 3 saturated heterocycles. The molecule has 1 spiro atoms. The van der Waals surface area contributed by atoms with Crippen LogP contribution in [-0.2, 0) is 20.5 Å². The molecule has 4 fully saturated rings. The van der Waals surface area contributed by atoms with Gasteiger partial charge in [-0.05, 0) is 60.6 Å². The summed E-state index contributed by atoms with van der Waals surface area (Å²) >= 11 is 0. The van der Waals surface area contributed by atoms with Gasteiger partial charge in [-0.25, -0.2) is 12.7 Å². The number of nitrogens with zero attached hydrogens (tertiary/aromatic N) is 3. The Balaban J connectivity index is 1.13. The number of nitrogens with one attached hydrogen (secondary N) is 1. The van der Waals surface area contributed by atoms with Crippen molar-refractivity contribution in [2.75, 3.05) is 32.7 Å². The molecule has 1 atom stereocenters. The molecule has 1 saturated carbocycles. The van der Waals surface area contributed by atoms with Crippen LogP contribution in [-0.4, -0.2) is 72.6 Å². The molecule has 204 valence electrons. The van der Waals surface area contributed by atoms with Crippen LogP contribution in [0.2, 0.25) is 0 Å². The largest absolute Gasteiger partial charge is 0.464 e. The van der Waals surface area contributed by atoms with E-state index in [-0.39, 0.29) is 29.8 Å². The first kappa shape index (κ1) is 24.8. The molecule has 0 bridgehead atoms. The predicted octanol–water partition coefficient (Wildman–Crippen LogP) is 2.76. The van der Waals surface area contributed by atoms with Crippen molar-refractivity contribution in [3.05, 3.63) is 60.4 Å². The van der Waals surface area contributed by atoms with E-state index in [9.17, 15) is 18.0 Å². The normalized spacial score (nSPS) is 23.7. The molecule has 2 amide bonds. The number of furan rings is 1. The molecule has 1 unspecified atom stereocenters. The highest BCUT2D eigenvalue weighted by Gasteiger charge is 2.54. The van der Waals surface area contributed by atoms with Gasteiger partial charge >= 0.3 is 0 Å². The van der Waals surface area contributed by atoms with Crippen LogP contribution < -0.4 is 5.32 Å². The average molecular weight is 549 g/mol. The van der Waals surface area contributed by atoms with E-state index in [2.05, 4.69) is 35.6 Å². The summed E-state index contributed by atoms with van der Waals surface area (Å²) in [5.74, 6) is 0.749. The molecule has 39 heavy (non-hydrogen) atoms. The number of fused-ring (bicyclic) bond motifs is 1. The van der Waals surface area contributed by atoms with Gasteiger partial charge in [0.15, 0.2) is 0 Å². The van der Waals surface area contributed by atoms with Gasteiger partial charge in [0, 0.05) is 49.9 Å². The Morgan fingerprint density at radius 3 is 2.41 bits per heavy atom. The fraction of sp³-hybridized carbons (Fsp3) is 0.448. The van der Waals surface area contributed by atoms with E-state index < -0.39 is 16.4 Å². The Morgan fingerprint density at radius 1 is 1.00 bits per heavy atom. The predicted molar refractivity (Wildman–Crippen MR) is 146 cm³/mol. The second-order valence-corrected chi connectivity index (χ2v) is 12.5. The summed E-state index contributed by atoms with van der Waals surface area (Å²) < 4.78 is 30.0. The summed E-state index contributed by atoms with van der Waals surface area (Å²) in [4.78, 5) is 30.2.